The van der Waals surface area contributed by atoms with Gasteiger partial charge in [-0.2, -0.15) is 0 Å². The molecule has 0 saturated heterocycles. The molecule has 3 heteroatoms. The van der Waals surface area contributed by atoms with E-state index in [1.807, 2.05) is 6.92 Å². The molecule has 0 spiro atoms. The number of hydrogen-bond donors (Lipinski definition) is 0. The number of nitrogens with zero attached hydrogens (tertiary/aromatic N) is 2. The third kappa shape index (κ3) is 1.76. The van der Waals surface area contributed by atoms with Crippen LogP contribution in [0.15, 0.2) is 36.7 Å². The van der Waals surface area contributed by atoms with Gasteiger partial charge in [0.25, 0.3) is 0 Å². The molecule has 0 aliphatic rings. The van der Waals surface area contributed by atoms with Crippen molar-refractivity contribution in [1.29, 1.82) is 0 Å². The summed E-state index contributed by atoms with van der Waals surface area (Å²) in [6.45, 7) is 1.88. The summed E-state index contributed by atoms with van der Waals surface area (Å²) in [6, 6.07) is 6.22. The Balaban J connectivity index is 2.44. The molecule has 0 bridgehead atoms. The molecular weight excluding hydrogens is 179 g/mol. The van der Waals surface area contributed by atoms with Crippen LogP contribution in [0.2, 0.25) is 0 Å². The van der Waals surface area contributed by atoms with Crippen molar-refractivity contribution >= 4 is 0 Å². The Labute approximate surface area is 81.5 Å². The highest BCUT2D eigenvalue weighted by molar-refractivity contribution is 5.57. The summed E-state index contributed by atoms with van der Waals surface area (Å²) >= 11 is 0. The van der Waals surface area contributed by atoms with Crippen molar-refractivity contribution in [2.24, 2.45) is 0 Å². The van der Waals surface area contributed by atoms with E-state index in [0.717, 1.165) is 17.0 Å². The summed E-state index contributed by atoms with van der Waals surface area (Å²) in [5.74, 6) is -0.241. The number of aromatic nitrogens is 2. The second-order valence-electron chi connectivity index (χ2n) is 3.05. The van der Waals surface area contributed by atoms with Crippen molar-refractivity contribution in [3.05, 3.63) is 48.2 Å². The minimum Gasteiger partial charge on any atom is -0.261 e. The average Bonchev–Trinajstić information content (AvgIpc) is 2.19. The second-order valence-corrected chi connectivity index (χ2v) is 3.05. The van der Waals surface area contributed by atoms with E-state index in [1.165, 1.54) is 12.1 Å². The first-order valence-corrected chi connectivity index (χ1v) is 4.30. The molecule has 1 aromatic heterocycles. The van der Waals surface area contributed by atoms with Crippen LogP contribution in [0.4, 0.5) is 4.39 Å². The third-order valence-electron chi connectivity index (χ3n) is 1.89. The van der Waals surface area contributed by atoms with Crippen LogP contribution in [0.1, 0.15) is 5.69 Å². The Morgan fingerprint density at radius 3 is 2.43 bits per heavy atom. The fourth-order valence-corrected chi connectivity index (χ4v) is 1.22. The van der Waals surface area contributed by atoms with Crippen LogP contribution in [0, 0.1) is 12.7 Å². The summed E-state index contributed by atoms with van der Waals surface area (Å²) in [6.07, 6.45) is 3.35. The van der Waals surface area contributed by atoms with Crippen molar-refractivity contribution in [3.63, 3.8) is 0 Å². The minimum absolute atomic E-state index is 0.241. The van der Waals surface area contributed by atoms with E-state index >= 15 is 0 Å². The Kier molecular flexibility index (Phi) is 2.23. The molecule has 0 aliphatic heterocycles. The Morgan fingerprint density at radius 1 is 1.07 bits per heavy atom. The van der Waals surface area contributed by atoms with Crippen molar-refractivity contribution in [2.45, 2.75) is 6.92 Å². The second kappa shape index (κ2) is 3.54. The standard InChI is InChI=1S/C11H9FN2/c1-8-6-13-7-11(14-8)9-2-4-10(12)5-3-9/h2-7H,1H3. The predicted molar refractivity (Wildman–Crippen MR) is 52.2 cm³/mol. The summed E-state index contributed by atoms with van der Waals surface area (Å²) in [4.78, 5) is 8.31. The highest BCUT2D eigenvalue weighted by Crippen LogP contribution is 2.16. The predicted octanol–water partition coefficient (Wildman–Crippen LogP) is 2.59. The molecule has 70 valence electrons. The quantitative estimate of drug-likeness (QED) is 0.687. The molecular formula is C11H9FN2. The van der Waals surface area contributed by atoms with Gasteiger partial charge in [-0.3, -0.25) is 4.98 Å². The van der Waals surface area contributed by atoms with Crippen LogP contribution in [-0.2, 0) is 0 Å². The van der Waals surface area contributed by atoms with Gasteiger partial charge in [0.15, 0.2) is 0 Å². The lowest BCUT2D eigenvalue weighted by molar-refractivity contribution is 0.628. The third-order valence-corrected chi connectivity index (χ3v) is 1.89. The van der Waals surface area contributed by atoms with Crippen molar-refractivity contribution < 1.29 is 4.39 Å². The smallest absolute Gasteiger partial charge is 0.123 e. The maximum Gasteiger partial charge on any atom is 0.123 e. The maximum absolute atomic E-state index is 12.6. The van der Waals surface area contributed by atoms with Crippen molar-refractivity contribution in [3.8, 4) is 11.3 Å². The zero-order valence-electron chi connectivity index (χ0n) is 7.74. The zero-order valence-corrected chi connectivity index (χ0v) is 7.74. The molecule has 2 nitrogen and oxygen atoms in total. The average molecular weight is 188 g/mol. The summed E-state index contributed by atoms with van der Waals surface area (Å²) in [5, 5.41) is 0. The number of benzene rings is 1. The van der Waals surface area contributed by atoms with Gasteiger partial charge in [0.2, 0.25) is 0 Å². The normalized spacial score (nSPS) is 10.1. The molecule has 2 aromatic rings. The Hall–Kier alpha value is -1.77. The molecule has 0 fully saturated rings. The van der Waals surface area contributed by atoms with Gasteiger partial charge < -0.3 is 0 Å². The molecule has 2 rings (SSSR count). The van der Waals surface area contributed by atoms with Gasteiger partial charge in [-0.1, -0.05) is 0 Å². The van der Waals surface area contributed by atoms with Crippen LogP contribution < -0.4 is 0 Å². The van der Waals surface area contributed by atoms with Gasteiger partial charge in [0.05, 0.1) is 17.6 Å². The van der Waals surface area contributed by atoms with E-state index in [4.69, 9.17) is 0 Å². The van der Waals surface area contributed by atoms with Crippen LogP contribution in [0.25, 0.3) is 11.3 Å². The monoisotopic (exact) mass is 188 g/mol. The first kappa shape index (κ1) is 8.81. The van der Waals surface area contributed by atoms with E-state index in [2.05, 4.69) is 9.97 Å². The van der Waals surface area contributed by atoms with Gasteiger partial charge in [-0.25, -0.2) is 9.37 Å². The lowest BCUT2D eigenvalue weighted by Crippen LogP contribution is -1.88. The van der Waals surface area contributed by atoms with E-state index in [9.17, 15) is 4.39 Å². The van der Waals surface area contributed by atoms with Crippen LogP contribution in [-0.4, -0.2) is 9.97 Å². The lowest BCUT2D eigenvalue weighted by atomic mass is 10.1. The molecule has 0 radical (unpaired) electrons. The molecule has 0 N–H and O–H groups in total. The molecule has 14 heavy (non-hydrogen) atoms. The van der Waals surface area contributed by atoms with E-state index in [-0.39, 0.29) is 5.82 Å². The zero-order chi connectivity index (χ0) is 9.97. The summed E-state index contributed by atoms with van der Waals surface area (Å²) in [5.41, 5.74) is 2.50. The topological polar surface area (TPSA) is 25.8 Å². The maximum atomic E-state index is 12.6. The molecule has 0 aliphatic carbocycles. The molecule has 0 saturated carbocycles. The van der Waals surface area contributed by atoms with Gasteiger partial charge in [-0.15, -0.1) is 0 Å². The van der Waals surface area contributed by atoms with Crippen molar-refractivity contribution in [2.75, 3.05) is 0 Å². The van der Waals surface area contributed by atoms with Gasteiger partial charge >= 0.3 is 0 Å². The number of rotatable bonds is 1. The van der Waals surface area contributed by atoms with Crippen LogP contribution >= 0.6 is 0 Å². The van der Waals surface area contributed by atoms with Crippen LogP contribution in [0.5, 0.6) is 0 Å². The largest absolute Gasteiger partial charge is 0.261 e. The Bertz CT molecular complexity index is 437. The summed E-state index contributed by atoms with van der Waals surface area (Å²) < 4.78 is 12.6. The number of aryl methyl sites for hydroxylation is 1. The fourth-order valence-electron chi connectivity index (χ4n) is 1.22. The van der Waals surface area contributed by atoms with Gasteiger partial charge in [0.1, 0.15) is 5.82 Å². The molecule has 0 unspecified atom stereocenters. The molecule has 1 heterocycles. The first-order chi connectivity index (χ1) is 6.75. The lowest BCUT2D eigenvalue weighted by Gasteiger charge is -2.00. The van der Waals surface area contributed by atoms with Crippen molar-refractivity contribution in [1.82, 2.24) is 9.97 Å². The Morgan fingerprint density at radius 2 is 1.79 bits per heavy atom. The van der Waals surface area contributed by atoms with E-state index < -0.39 is 0 Å². The van der Waals surface area contributed by atoms with Gasteiger partial charge in [0, 0.05) is 11.8 Å². The van der Waals surface area contributed by atoms with Gasteiger partial charge in [-0.05, 0) is 31.2 Å². The number of hydrogen-bond acceptors (Lipinski definition) is 2. The van der Waals surface area contributed by atoms with E-state index in [1.54, 1.807) is 24.5 Å². The van der Waals surface area contributed by atoms with E-state index in [0.29, 0.717) is 0 Å². The molecule has 1 aromatic carbocycles. The molecule has 0 amide bonds. The number of halogens is 1. The highest BCUT2D eigenvalue weighted by Gasteiger charge is 1.99. The highest BCUT2D eigenvalue weighted by atomic mass is 19.1. The summed E-state index contributed by atoms with van der Waals surface area (Å²) in [7, 11) is 0. The van der Waals surface area contributed by atoms with Crippen LogP contribution in [0.3, 0.4) is 0 Å². The minimum atomic E-state index is -0.241. The first-order valence-electron chi connectivity index (χ1n) is 4.30. The SMILES string of the molecule is Cc1cncc(-c2ccc(F)cc2)n1. The molecule has 0 atom stereocenters. The fraction of sp³-hybridized carbons (Fsp3) is 0.0909.